The van der Waals surface area contributed by atoms with Crippen LogP contribution >= 0.6 is 15.9 Å². The SMILES string of the molecule is COC(=O)[C@@H](C)Cc1cccc([C@@](C)(CCCC(C)(C)CS(=O)(=O)CCO)c2nc(-c3cc(Oc4c(F)cc5c(ccn5S(=O)(=O)c5ccccc5)c4Br)ccc3F)co2)c1. The number of oxazole rings is 1. The first-order chi connectivity index (χ1) is 28.8. The third kappa shape index (κ3) is 10.1. The van der Waals surface area contributed by atoms with Crippen LogP contribution in [0.25, 0.3) is 22.2 Å². The van der Waals surface area contributed by atoms with Crippen molar-refractivity contribution in [2.24, 2.45) is 11.3 Å². The Kier molecular flexibility index (Phi) is 13.6. The Bertz CT molecular complexity index is 2770. The van der Waals surface area contributed by atoms with Crippen LogP contribution in [-0.4, -0.2) is 62.1 Å². The molecule has 0 fully saturated rings. The maximum atomic E-state index is 15.8. The molecule has 0 aliphatic heterocycles. The number of aliphatic hydroxyl groups excluding tert-OH is 1. The number of nitrogens with zero attached hydrogens (tertiary/aromatic N) is 2. The number of aliphatic hydroxyl groups is 1. The summed E-state index contributed by atoms with van der Waals surface area (Å²) in [6.07, 6.45) is 4.56. The molecule has 0 amide bonds. The number of ether oxygens (including phenoxy) is 2. The molecule has 0 aliphatic carbocycles. The van der Waals surface area contributed by atoms with Gasteiger partial charge in [0, 0.05) is 23.2 Å². The van der Waals surface area contributed by atoms with E-state index in [2.05, 4.69) is 15.9 Å². The van der Waals surface area contributed by atoms with Crippen molar-refractivity contribution in [3.63, 3.8) is 0 Å². The average Bonchev–Trinajstić information content (AvgIpc) is 3.89. The standard InChI is InChI=1S/C45H47BrF2N2O9S2/c1-29(42(52)57-5)23-30-11-9-12-31(24-30)45(4,19-10-18-44(2,3)28-60(53,54)22-21-51)43-49-38(27-58-43)35-25-32(15-16-36(35)47)59-41-37(48)26-39-34(40(41)46)17-20-50(39)61(55,56)33-13-7-6-8-14-33/h6-9,11-17,20,24-27,29,51H,10,18-19,21-23,28H2,1-5H3/t29-,45+/m0/s1. The number of sulfone groups is 1. The summed E-state index contributed by atoms with van der Waals surface area (Å²) >= 11 is 3.40. The van der Waals surface area contributed by atoms with Crippen molar-refractivity contribution in [2.75, 3.05) is 25.2 Å². The number of carbonyl (C=O) groups excluding carboxylic acids is 1. The van der Waals surface area contributed by atoms with Gasteiger partial charge in [-0.15, -0.1) is 0 Å². The minimum absolute atomic E-state index is 0.00319. The van der Waals surface area contributed by atoms with Crippen molar-refractivity contribution in [1.29, 1.82) is 0 Å². The summed E-state index contributed by atoms with van der Waals surface area (Å²) < 4.78 is 102. The predicted molar refractivity (Wildman–Crippen MR) is 232 cm³/mol. The molecule has 6 aromatic rings. The number of esters is 1. The van der Waals surface area contributed by atoms with Gasteiger partial charge >= 0.3 is 5.97 Å². The fourth-order valence-corrected chi connectivity index (χ4v) is 11.3. The topological polar surface area (TPSA) is 155 Å². The van der Waals surface area contributed by atoms with Gasteiger partial charge in [-0.05, 0) is 95.1 Å². The quantitative estimate of drug-likeness (QED) is 0.0824. The van der Waals surface area contributed by atoms with Crippen LogP contribution in [0.3, 0.4) is 0 Å². The van der Waals surface area contributed by atoms with Crippen LogP contribution in [-0.2, 0) is 41.2 Å². The summed E-state index contributed by atoms with van der Waals surface area (Å²) in [4.78, 5) is 17.1. The van der Waals surface area contributed by atoms with Crippen LogP contribution in [0.1, 0.15) is 64.0 Å². The van der Waals surface area contributed by atoms with Crippen molar-refractivity contribution in [3.8, 4) is 22.8 Å². The zero-order valence-electron chi connectivity index (χ0n) is 34.3. The number of methoxy groups -OCH3 is 1. The van der Waals surface area contributed by atoms with Crippen molar-refractivity contribution in [2.45, 2.75) is 63.7 Å². The second-order valence-corrected chi connectivity index (χ2v) is 20.9. The Morgan fingerprint density at radius 3 is 2.39 bits per heavy atom. The lowest BCUT2D eigenvalue weighted by Crippen LogP contribution is -2.29. The number of hydrogen-bond acceptors (Lipinski definition) is 10. The van der Waals surface area contributed by atoms with Gasteiger partial charge in [-0.1, -0.05) is 69.7 Å². The Labute approximate surface area is 362 Å². The number of halogens is 3. The van der Waals surface area contributed by atoms with E-state index in [1.807, 2.05) is 45.0 Å². The monoisotopic (exact) mass is 940 g/mol. The van der Waals surface area contributed by atoms with E-state index < -0.39 is 54.8 Å². The largest absolute Gasteiger partial charge is 0.469 e. The minimum atomic E-state index is -4.04. The molecule has 0 aliphatic rings. The molecule has 2 heterocycles. The first-order valence-electron chi connectivity index (χ1n) is 19.5. The molecular weight excluding hydrogens is 895 g/mol. The highest BCUT2D eigenvalue weighted by Crippen LogP contribution is 2.43. The normalized spacial score (nSPS) is 13.9. The van der Waals surface area contributed by atoms with Crippen molar-refractivity contribution < 1.29 is 49.4 Å². The van der Waals surface area contributed by atoms with Gasteiger partial charge in [0.15, 0.2) is 21.4 Å². The lowest BCUT2D eigenvalue weighted by Gasteiger charge is -2.30. The molecule has 0 radical (unpaired) electrons. The van der Waals surface area contributed by atoms with Gasteiger partial charge in [-0.2, -0.15) is 0 Å². The Balaban J connectivity index is 1.32. The molecule has 0 saturated heterocycles. The van der Waals surface area contributed by atoms with E-state index in [-0.39, 0.29) is 61.0 Å². The van der Waals surface area contributed by atoms with Gasteiger partial charge in [0.25, 0.3) is 10.0 Å². The zero-order chi connectivity index (χ0) is 44.3. The summed E-state index contributed by atoms with van der Waals surface area (Å²) in [5.41, 5.74) is 0.363. The first-order valence-corrected chi connectivity index (χ1v) is 23.6. The Morgan fingerprint density at radius 1 is 0.951 bits per heavy atom. The van der Waals surface area contributed by atoms with E-state index in [0.29, 0.717) is 31.1 Å². The van der Waals surface area contributed by atoms with Gasteiger partial charge in [0.05, 0.1) is 51.4 Å². The second kappa shape index (κ2) is 18.2. The first kappa shape index (κ1) is 45.6. The van der Waals surface area contributed by atoms with E-state index in [4.69, 9.17) is 18.9 Å². The fourth-order valence-electron chi connectivity index (χ4n) is 7.56. The molecule has 4 aromatic carbocycles. The smallest absolute Gasteiger partial charge is 0.308 e. The average molecular weight is 942 g/mol. The summed E-state index contributed by atoms with van der Waals surface area (Å²) in [7, 11) is -6.18. The molecule has 16 heteroatoms. The van der Waals surface area contributed by atoms with Gasteiger partial charge in [0.1, 0.15) is 23.5 Å². The van der Waals surface area contributed by atoms with E-state index >= 15 is 8.78 Å². The molecule has 61 heavy (non-hydrogen) atoms. The minimum Gasteiger partial charge on any atom is -0.469 e. The maximum absolute atomic E-state index is 15.8. The molecule has 1 N–H and O–H groups in total. The molecule has 0 spiro atoms. The summed E-state index contributed by atoms with van der Waals surface area (Å²) in [5.74, 6) is -2.63. The van der Waals surface area contributed by atoms with Gasteiger partial charge in [0.2, 0.25) is 5.89 Å². The molecule has 0 bridgehead atoms. The Morgan fingerprint density at radius 2 is 1.69 bits per heavy atom. The molecule has 324 valence electrons. The van der Waals surface area contributed by atoms with Crippen molar-refractivity contribution in [3.05, 3.63) is 131 Å². The Hall–Kier alpha value is -4.90. The molecule has 0 saturated carbocycles. The second-order valence-electron chi connectivity index (χ2n) is 16.1. The number of benzene rings is 4. The van der Waals surface area contributed by atoms with Gasteiger partial charge < -0.3 is 19.0 Å². The van der Waals surface area contributed by atoms with E-state index in [1.165, 1.54) is 49.9 Å². The number of rotatable bonds is 18. The highest BCUT2D eigenvalue weighted by Gasteiger charge is 2.36. The number of carbonyl (C=O) groups is 1. The van der Waals surface area contributed by atoms with E-state index in [9.17, 15) is 26.7 Å². The zero-order valence-corrected chi connectivity index (χ0v) is 37.5. The number of fused-ring (bicyclic) bond motifs is 1. The summed E-state index contributed by atoms with van der Waals surface area (Å²) in [5, 5.41) is 9.62. The molecule has 11 nitrogen and oxygen atoms in total. The van der Waals surface area contributed by atoms with Crippen molar-refractivity contribution in [1.82, 2.24) is 8.96 Å². The lowest BCUT2D eigenvalue weighted by molar-refractivity contribution is -0.144. The van der Waals surface area contributed by atoms with Crippen LogP contribution in [0.15, 0.2) is 111 Å². The van der Waals surface area contributed by atoms with E-state index in [0.717, 1.165) is 27.2 Å². The molecule has 0 unspecified atom stereocenters. The van der Waals surface area contributed by atoms with Crippen LogP contribution < -0.4 is 4.74 Å². The highest BCUT2D eigenvalue weighted by atomic mass is 79.9. The third-order valence-corrected chi connectivity index (χ3v) is 15.3. The molecule has 2 atom stereocenters. The van der Waals surface area contributed by atoms with Crippen LogP contribution in [0.4, 0.5) is 8.78 Å². The number of hydrogen-bond donors (Lipinski definition) is 1. The molecule has 2 aromatic heterocycles. The predicted octanol–water partition coefficient (Wildman–Crippen LogP) is 9.63. The van der Waals surface area contributed by atoms with Crippen LogP contribution in [0, 0.1) is 23.0 Å². The summed E-state index contributed by atoms with van der Waals surface area (Å²) in [6, 6.07) is 21.8. The summed E-state index contributed by atoms with van der Waals surface area (Å²) in [6.45, 7) is 6.99. The molecular formula is C45H47BrF2N2O9S2. The van der Waals surface area contributed by atoms with Crippen LogP contribution in [0.2, 0.25) is 0 Å². The third-order valence-electron chi connectivity index (χ3n) is 10.8. The van der Waals surface area contributed by atoms with Gasteiger partial charge in [-0.3, -0.25) is 4.79 Å². The fraction of sp³-hybridized carbons (Fsp3) is 0.333. The van der Waals surface area contributed by atoms with Gasteiger partial charge in [-0.25, -0.2) is 34.6 Å². The lowest BCUT2D eigenvalue weighted by atomic mass is 9.75. The maximum Gasteiger partial charge on any atom is 0.308 e. The van der Waals surface area contributed by atoms with Crippen molar-refractivity contribution >= 4 is 52.7 Å². The molecule has 6 rings (SSSR count). The van der Waals surface area contributed by atoms with E-state index in [1.54, 1.807) is 25.1 Å². The van der Waals surface area contributed by atoms with Crippen LogP contribution in [0.5, 0.6) is 11.5 Å². The number of aromatic nitrogens is 2. The highest BCUT2D eigenvalue weighted by molar-refractivity contribution is 9.10.